The number of carbonyl (C=O) groups is 1. The quantitative estimate of drug-likeness (QED) is 0.472. The first-order valence-electron chi connectivity index (χ1n) is 4.77. The lowest BCUT2D eigenvalue weighted by Crippen LogP contribution is -2.46. The average molecular weight is 197 g/mol. The van der Waals surface area contributed by atoms with Gasteiger partial charge in [-0.1, -0.05) is 12.2 Å². The second-order valence-electron chi connectivity index (χ2n) is 4.19. The van der Waals surface area contributed by atoms with Crippen molar-refractivity contribution in [1.82, 2.24) is 4.90 Å². The van der Waals surface area contributed by atoms with Crippen LogP contribution in [0.5, 0.6) is 0 Å². The van der Waals surface area contributed by atoms with Crippen molar-refractivity contribution < 1.29 is 14.6 Å². The van der Waals surface area contributed by atoms with Crippen molar-refractivity contribution in [3.63, 3.8) is 0 Å². The maximum absolute atomic E-state index is 11.7. The van der Waals surface area contributed by atoms with Gasteiger partial charge in [0, 0.05) is 19.5 Å². The molecule has 0 unspecified atom stereocenters. The fourth-order valence-electron chi connectivity index (χ4n) is 2.63. The SMILES string of the molecule is C=C1CN2C[C@H](O)C[C@]2(C(=O)OC)C1. The molecule has 2 atom stereocenters. The Balaban J connectivity index is 2.29. The van der Waals surface area contributed by atoms with Crippen LogP contribution in [0.2, 0.25) is 0 Å². The Labute approximate surface area is 83.2 Å². The molecule has 78 valence electrons. The largest absolute Gasteiger partial charge is 0.468 e. The minimum atomic E-state index is -0.620. The number of rotatable bonds is 1. The van der Waals surface area contributed by atoms with E-state index in [-0.39, 0.29) is 5.97 Å². The minimum Gasteiger partial charge on any atom is -0.468 e. The summed E-state index contributed by atoms with van der Waals surface area (Å²) >= 11 is 0. The van der Waals surface area contributed by atoms with E-state index >= 15 is 0 Å². The molecule has 0 radical (unpaired) electrons. The first-order valence-corrected chi connectivity index (χ1v) is 4.77. The average Bonchev–Trinajstić information content (AvgIpc) is 2.55. The van der Waals surface area contributed by atoms with Crippen molar-refractivity contribution in [1.29, 1.82) is 0 Å². The molecular formula is C10H15NO3. The lowest BCUT2D eigenvalue weighted by atomic mass is 9.92. The summed E-state index contributed by atoms with van der Waals surface area (Å²) < 4.78 is 4.80. The van der Waals surface area contributed by atoms with E-state index in [4.69, 9.17) is 4.74 Å². The van der Waals surface area contributed by atoms with Gasteiger partial charge in [-0.2, -0.15) is 0 Å². The van der Waals surface area contributed by atoms with Gasteiger partial charge in [0.1, 0.15) is 5.54 Å². The Hall–Kier alpha value is -0.870. The van der Waals surface area contributed by atoms with Crippen molar-refractivity contribution in [3.8, 4) is 0 Å². The monoisotopic (exact) mass is 197 g/mol. The van der Waals surface area contributed by atoms with Gasteiger partial charge in [0.15, 0.2) is 0 Å². The molecule has 1 N–H and O–H groups in total. The van der Waals surface area contributed by atoms with Crippen LogP contribution >= 0.6 is 0 Å². The Kier molecular flexibility index (Phi) is 2.12. The van der Waals surface area contributed by atoms with Crippen LogP contribution in [0.4, 0.5) is 0 Å². The molecule has 2 aliphatic rings. The van der Waals surface area contributed by atoms with Crippen molar-refractivity contribution in [2.45, 2.75) is 24.5 Å². The highest BCUT2D eigenvalue weighted by atomic mass is 16.5. The van der Waals surface area contributed by atoms with E-state index in [1.807, 2.05) is 4.90 Å². The number of fused-ring (bicyclic) bond motifs is 1. The van der Waals surface area contributed by atoms with E-state index in [0.717, 1.165) is 5.57 Å². The lowest BCUT2D eigenvalue weighted by molar-refractivity contribution is -0.151. The number of ether oxygens (including phenoxy) is 1. The van der Waals surface area contributed by atoms with Crippen molar-refractivity contribution in [2.24, 2.45) is 0 Å². The van der Waals surface area contributed by atoms with Crippen LogP contribution < -0.4 is 0 Å². The first kappa shape index (κ1) is 9.68. The van der Waals surface area contributed by atoms with Crippen molar-refractivity contribution >= 4 is 5.97 Å². The maximum atomic E-state index is 11.7. The zero-order chi connectivity index (χ0) is 10.3. The van der Waals surface area contributed by atoms with Crippen molar-refractivity contribution in [2.75, 3.05) is 20.2 Å². The number of hydrogen-bond donors (Lipinski definition) is 1. The molecule has 0 aliphatic carbocycles. The van der Waals surface area contributed by atoms with E-state index in [1.165, 1.54) is 7.11 Å². The lowest BCUT2D eigenvalue weighted by Gasteiger charge is -2.27. The summed E-state index contributed by atoms with van der Waals surface area (Å²) in [5.74, 6) is -0.243. The van der Waals surface area contributed by atoms with Gasteiger partial charge < -0.3 is 9.84 Å². The number of nitrogens with zero attached hydrogens (tertiary/aromatic N) is 1. The summed E-state index contributed by atoms with van der Waals surface area (Å²) in [5, 5.41) is 9.55. The predicted molar refractivity (Wildman–Crippen MR) is 50.7 cm³/mol. The highest BCUT2D eigenvalue weighted by Gasteiger charge is 2.55. The van der Waals surface area contributed by atoms with Gasteiger partial charge in [0.2, 0.25) is 0 Å². The number of carbonyl (C=O) groups excluding carboxylic acids is 1. The molecule has 2 fully saturated rings. The second-order valence-corrected chi connectivity index (χ2v) is 4.19. The smallest absolute Gasteiger partial charge is 0.326 e. The minimum absolute atomic E-state index is 0.243. The first-order chi connectivity index (χ1) is 6.58. The van der Waals surface area contributed by atoms with Gasteiger partial charge in [-0.15, -0.1) is 0 Å². The Bertz CT molecular complexity index is 289. The molecule has 4 nitrogen and oxygen atoms in total. The van der Waals surface area contributed by atoms with Gasteiger partial charge in [-0.3, -0.25) is 9.69 Å². The Morgan fingerprint density at radius 2 is 2.50 bits per heavy atom. The van der Waals surface area contributed by atoms with Crippen LogP contribution in [0.15, 0.2) is 12.2 Å². The highest BCUT2D eigenvalue weighted by molar-refractivity contribution is 5.82. The standard InChI is InChI=1S/C10H15NO3/c1-7-3-10(9(13)14-2)4-8(12)6-11(10)5-7/h8,12H,1,3-6H2,2H3/t8-,10+/m1/s1. The number of β-amino-alcohol motifs (C(OH)–C–C–N with tert-alkyl or cyclic N) is 1. The second kappa shape index (κ2) is 3.07. The topological polar surface area (TPSA) is 49.8 Å². The zero-order valence-corrected chi connectivity index (χ0v) is 8.32. The van der Waals surface area contributed by atoms with E-state index in [0.29, 0.717) is 25.9 Å². The normalized spacial score (nSPS) is 37.3. The third-order valence-corrected chi connectivity index (χ3v) is 3.13. The van der Waals surface area contributed by atoms with Crippen LogP contribution in [0.25, 0.3) is 0 Å². The van der Waals surface area contributed by atoms with E-state index in [1.54, 1.807) is 0 Å². The van der Waals surface area contributed by atoms with Gasteiger partial charge in [-0.25, -0.2) is 0 Å². The van der Waals surface area contributed by atoms with E-state index in [2.05, 4.69) is 6.58 Å². The summed E-state index contributed by atoms with van der Waals surface area (Å²) in [6.45, 7) is 5.14. The maximum Gasteiger partial charge on any atom is 0.326 e. The summed E-state index contributed by atoms with van der Waals surface area (Å²) in [6, 6.07) is 0. The molecule has 2 heterocycles. The predicted octanol–water partition coefficient (Wildman–Crippen LogP) is -0.0753. The van der Waals surface area contributed by atoms with Crippen LogP contribution in [0.1, 0.15) is 12.8 Å². The summed E-state index contributed by atoms with van der Waals surface area (Å²) in [5.41, 5.74) is 0.424. The number of hydrogen-bond acceptors (Lipinski definition) is 4. The molecule has 2 rings (SSSR count). The Morgan fingerprint density at radius 1 is 1.79 bits per heavy atom. The number of aliphatic hydroxyl groups is 1. The summed E-state index contributed by atoms with van der Waals surface area (Å²) in [4.78, 5) is 13.7. The van der Waals surface area contributed by atoms with E-state index in [9.17, 15) is 9.90 Å². The molecule has 0 aromatic rings. The van der Waals surface area contributed by atoms with Crippen LogP contribution in [0.3, 0.4) is 0 Å². The number of esters is 1. The fourth-order valence-corrected chi connectivity index (χ4v) is 2.63. The van der Waals surface area contributed by atoms with Crippen molar-refractivity contribution in [3.05, 3.63) is 12.2 Å². The molecule has 2 saturated heterocycles. The fraction of sp³-hybridized carbons (Fsp3) is 0.700. The summed E-state index contributed by atoms with van der Waals surface area (Å²) in [6.07, 6.45) is 0.678. The molecule has 14 heavy (non-hydrogen) atoms. The molecule has 0 bridgehead atoms. The van der Waals surface area contributed by atoms with Gasteiger partial charge in [-0.05, 0) is 6.42 Å². The highest BCUT2D eigenvalue weighted by Crippen LogP contribution is 2.41. The molecule has 0 aromatic carbocycles. The van der Waals surface area contributed by atoms with Crippen LogP contribution in [-0.2, 0) is 9.53 Å². The third-order valence-electron chi connectivity index (χ3n) is 3.13. The molecule has 0 saturated carbocycles. The molecule has 2 aliphatic heterocycles. The molecule has 4 heteroatoms. The molecular weight excluding hydrogens is 182 g/mol. The van der Waals surface area contributed by atoms with Crippen LogP contribution in [0, 0.1) is 0 Å². The number of methoxy groups -OCH3 is 1. The molecule has 0 spiro atoms. The van der Waals surface area contributed by atoms with Gasteiger partial charge in [0.25, 0.3) is 0 Å². The molecule has 0 aromatic heterocycles. The zero-order valence-electron chi connectivity index (χ0n) is 8.32. The molecule has 0 amide bonds. The van der Waals surface area contributed by atoms with Gasteiger partial charge in [0.05, 0.1) is 13.2 Å². The number of aliphatic hydroxyl groups excluding tert-OH is 1. The third kappa shape index (κ3) is 1.18. The van der Waals surface area contributed by atoms with E-state index < -0.39 is 11.6 Å². The van der Waals surface area contributed by atoms with Crippen LogP contribution in [-0.4, -0.2) is 47.8 Å². The van der Waals surface area contributed by atoms with Gasteiger partial charge >= 0.3 is 5.97 Å². The Morgan fingerprint density at radius 3 is 3.14 bits per heavy atom. The summed E-state index contributed by atoms with van der Waals surface area (Å²) in [7, 11) is 1.39.